The van der Waals surface area contributed by atoms with Crippen molar-refractivity contribution >= 4 is 10.0 Å². The summed E-state index contributed by atoms with van der Waals surface area (Å²) in [6, 6.07) is 0. The molecule has 0 aromatic carbocycles. The molecular weight excluding hydrogens is 212 g/mol. The Kier molecular flexibility index (Phi) is 5.02. The van der Waals surface area contributed by atoms with Crippen LogP contribution in [0.2, 0.25) is 0 Å². The summed E-state index contributed by atoms with van der Waals surface area (Å²) in [7, 11) is -3.04. The van der Waals surface area contributed by atoms with Gasteiger partial charge in [-0.1, -0.05) is 13.8 Å². The lowest BCUT2D eigenvalue weighted by Crippen LogP contribution is -2.44. The van der Waals surface area contributed by atoms with Crippen molar-refractivity contribution in [3.8, 4) is 0 Å². The second kappa shape index (κ2) is 5.82. The van der Waals surface area contributed by atoms with Crippen LogP contribution in [-0.2, 0) is 10.0 Å². The van der Waals surface area contributed by atoms with Crippen molar-refractivity contribution in [2.45, 2.75) is 38.4 Å². The molecule has 4 nitrogen and oxygen atoms in total. The molecule has 1 N–H and O–H groups in total. The van der Waals surface area contributed by atoms with E-state index >= 15 is 0 Å². The summed E-state index contributed by atoms with van der Waals surface area (Å²) in [5.74, 6) is 0. The first-order chi connectivity index (χ1) is 7.12. The Labute approximate surface area is 93.1 Å². The number of rotatable bonds is 5. The second-order valence-corrected chi connectivity index (χ2v) is 6.20. The quantitative estimate of drug-likeness (QED) is 0.765. The van der Waals surface area contributed by atoms with Crippen molar-refractivity contribution in [3.63, 3.8) is 0 Å². The van der Waals surface area contributed by atoms with E-state index in [4.69, 9.17) is 0 Å². The maximum atomic E-state index is 12.2. The SMILES string of the molecule is CCCN(CC)S(=O)(=O)C1CCNCC1. The Bertz CT molecular complexity index is 260. The van der Waals surface area contributed by atoms with E-state index in [1.807, 2.05) is 13.8 Å². The number of nitrogens with one attached hydrogen (secondary N) is 1. The van der Waals surface area contributed by atoms with Crippen LogP contribution in [-0.4, -0.2) is 44.2 Å². The summed E-state index contributed by atoms with van der Waals surface area (Å²) in [4.78, 5) is 0. The summed E-state index contributed by atoms with van der Waals surface area (Å²) in [5.41, 5.74) is 0. The predicted molar refractivity (Wildman–Crippen MR) is 62.3 cm³/mol. The molecular formula is C10H22N2O2S. The van der Waals surface area contributed by atoms with Crippen LogP contribution >= 0.6 is 0 Å². The van der Waals surface area contributed by atoms with Crippen molar-refractivity contribution in [3.05, 3.63) is 0 Å². The largest absolute Gasteiger partial charge is 0.317 e. The van der Waals surface area contributed by atoms with Crippen LogP contribution in [0.25, 0.3) is 0 Å². The van der Waals surface area contributed by atoms with Gasteiger partial charge in [0.2, 0.25) is 10.0 Å². The molecule has 1 heterocycles. The fourth-order valence-electron chi connectivity index (χ4n) is 2.02. The highest BCUT2D eigenvalue weighted by molar-refractivity contribution is 7.89. The highest BCUT2D eigenvalue weighted by Crippen LogP contribution is 2.17. The normalized spacial score (nSPS) is 19.7. The fourth-order valence-corrected chi connectivity index (χ4v) is 4.07. The van der Waals surface area contributed by atoms with Gasteiger partial charge in [-0.15, -0.1) is 0 Å². The molecule has 0 aromatic heterocycles. The minimum absolute atomic E-state index is 0.162. The third kappa shape index (κ3) is 3.16. The highest BCUT2D eigenvalue weighted by atomic mass is 32.2. The van der Waals surface area contributed by atoms with Crippen molar-refractivity contribution in [1.82, 2.24) is 9.62 Å². The maximum Gasteiger partial charge on any atom is 0.217 e. The first kappa shape index (κ1) is 12.9. The van der Waals surface area contributed by atoms with Crippen molar-refractivity contribution in [2.75, 3.05) is 26.2 Å². The van der Waals surface area contributed by atoms with Gasteiger partial charge in [0.25, 0.3) is 0 Å². The Morgan fingerprint density at radius 1 is 1.27 bits per heavy atom. The summed E-state index contributed by atoms with van der Waals surface area (Å²) in [6.07, 6.45) is 2.39. The first-order valence-corrected chi connectivity index (χ1v) is 7.33. The zero-order valence-corrected chi connectivity index (χ0v) is 10.5. The smallest absolute Gasteiger partial charge is 0.217 e. The van der Waals surface area contributed by atoms with E-state index in [0.29, 0.717) is 13.1 Å². The standard InChI is InChI=1S/C10H22N2O2S/c1-3-9-12(4-2)15(13,14)10-5-7-11-8-6-10/h10-11H,3-9H2,1-2H3. The van der Waals surface area contributed by atoms with E-state index in [1.54, 1.807) is 4.31 Å². The van der Waals surface area contributed by atoms with Gasteiger partial charge in [0.05, 0.1) is 5.25 Å². The van der Waals surface area contributed by atoms with Gasteiger partial charge in [0.1, 0.15) is 0 Å². The predicted octanol–water partition coefficient (Wildman–Crippen LogP) is 0.800. The molecule has 90 valence electrons. The molecule has 0 saturated carbocycles. The molecule has 0 aromatic rings. The van der Waals surface area contributed by atoms with Crippen LogP contribution in [0.1, 0.15) is 33.1 Å². The van der Waals surface area contributed by atoms with Crippen LogP contribution in [0, 0.1) is 0 Å². The molecule has 0 unspecified atom stereocenters. The third-order valence-electron chi connectivity index (χ3n) is 2.89. The van der Waals surface area contributed by atoms with Crippen LogP contribution in [0.3, 0.4) is 0 Å². The number of sulfonamides is 1. The molecule has 1 rings (SSSR count). The number of hydrogen-bond acceptors (Lipinski definition) is 3. The van der Waals surface area contributed by atoms with Gasteiger partial charge in [0, 0.05) is 13.1 Å². The lowest BCUT2D eigenvalue weighted by molar-refractivity contribution is 0.402. The number of piperidine rings is 1. The van der Waals surface area contributed by atoms with Crippen LogP contribution in [0.5, 0.6) is 0 Å². The van der Waals surface area contributed by atoms with Gasteiger partial charge in [-0.3, -0.25) is 0 Å². The van der Waals surface area contributed by atoms with Crippen LogP contribution < -0.4 is 5.32 Å². The monoisotopic (exact) mass is 234 g/mol. The molecule has 15 heavy (non-hydrogen) atoms. The Morgan fingerprint density at radius 3 is 2.33 bits per heavy atom. The highest BCUT2D eigenvalue weighted by Gasteiger charge is 2.31. The molecule has 0 spiro atoms. The summed E-state index contributed by atoms with van der Waals surface area (Å²) >= 11 is 0. The first-order valence-electron chi connectivity index (χ1n) is 5.82. The molecule has 0 aliphatic carbocycles. The average Bonchev–Trinajstić information content (AvgIpc) is 2.27. The van der Waals surface area contributed by atoms with Crippen molar-refractivity contribution in [1.29, 1.82) is 0 Å². The van der Waals surface area contributed by atoms with E-state index in [9.17, 15) is 8.42 Å². The van der Waals surface area contributed by atoms with Crippen molar-refractivity contribution in [2.24, 2.45) is 0 Å². The average molecular weight is 234 g/mol. The van der Waals surface area contributed by atoms with Crippen LogP contribution in [0.15, 0.2) is 0 Å². The van der Waals surface area contributed by atoms with Gasteiger partial charge in [-0.2, -0.15) is 0 Å². The van der Waals surface area contributed by atoms with E-state index in [-0.39, 0.29) is 5.25 Å². The minimum Gasteiger partial charge on any atom is -0.317 e. The minimum atomic E-state index is -3.04. The maximum absolute atomic E-state index is 12.2. The molecule has 0 atom stereocenters. The molecule has 0 bridgehead atoms. The molecule has 5 heteroatoms. The Hall–Kier alpha value is -0.130. The van der Waals surface area contributed by atoms with E-state index in [0.717, 1.165) is 32.4 Å². The van der Waals surface area contributed by atoms with Gasteiger partial charge in [0.15, 0.2) is 0 Å². The fraction of sp³-hybridized carbons (Fsp3) is 1.00. The molecule has 1 aliphatic heterocycles. The molecule has 0 amide bonds. The zero-order chi connectivity index (χ0) is 11.3. The van der Waals surface area contributed by atoms with E-state index in [2.05, 4.69) is 5.32 Å². The summed E-state index contributed by atoms with van der Waals surface area (Å²) in [6.45, 7) is 6.83. The Balaban J connectivity index is 2.69. The van der Waals surface area contributed by atoms with Gasteiger partial charge < -0.3 is 5.32 Å². The molecule has 1 aliphatic rings. The van der Waals surface area contributed by atoms with Crippen molar-refractivity contribution < 1.29 is 8.42 Å². The topological polar surface area (TPSA) is 49.4 Å². The molecule has 0 radical (unpaired) electrons. The lowest BCUT2D eigenvalue weighted by atomic mass is 10.2. The van der Waals surface area contributed by atoms with Gasteiger partial charge >= 0.3 is 0 Å². The summed E-state index contributed by atoms with van der Waals surface area (Å²) in [5, 5.41) is 3.03. The molecule has 1 fully saturated rings. The lowest BCUT2D eigenvalue weighted by Gasteiger charge is -2.29. The number of nitrogens with zero attached hydrogens (tertiary/aromatic N) is 1. The van der Waals surface area contributed by atoms with E-state index in [1.165, 1.54) is 0 Å². The van der Waals surface area contributed by atoms with Gasteiger partial charge in [-0.25, -0.2) is 12.7 Å². The Morgan fingerprint density at radius 2 is 1.87 bits per heavy atom. The van der Waals surface area contributed by atoms with Crippen LogP contribution in [0.4, 0.5) is 0 Å². The third-order valence-corrected chi connectivity index (χ3v) is 5.37. The second-order valence-electron chi connectivity index (χ2n) is 3.99. The van der Waals surface area contributed by atoms with E-state index < -0.39 is 10.0 Å². The summed E-state index contributed by atoms with van der Waals surface area (Å²) < 4.78 is 26.0. The van der Waals surface area contributed by atoms with Gasteiger partial charge in [-0.05, 0) is 32.4 Å². The molecule has 1 saturated heterocycles. The zero-order valence-electron chi connectivity index (χ0n) is 9.70. The number of hydrogen-bond donors (Lipinski definition) is 1.